The minimum atomic E-state index is -0.369. The van der Waals surface area contributed by atoms with Crippen molar-refractivity contribution in [3.63, 3.8) is 0 Å². The Morgan fingerprint density at radius 3 is 2.43 bits per heavy atom. The van der Waals surface area contributed by atoms with Crippen LogP contribution in [0, 0.1) is 5.92 Å². The summed E-state index contributed by atoms with van der Waals surface area (Å²) in [6.45, 7) is 9.71. The number of nitrogens with one attached hydrogen (secondary N) is 1. The number of piperidine rings is 1. The van der Waals surface area contributed by atoms with E-state index in [2.05, 4.69) is 24.1 Å². The molecule has 3 saturated heterocycles. The van der Waals surface area contributed by atoms with Crippen LogP contribution in [0.1, 0.15) is 33.1 Å². The first-order valence-electron chi connectivity index (χ1n) is 9.09. The van der Waals surface area contributed by atoms with Crippen LogP contribution in [0.15, 0.2) is 0 Å². The van der Waals surface area contributed by atoms with Gasteiger partial charge >= 0.3 is 0 Å². The Balaban J connectivity index is 1.42. The quantitative estimate of drug-likeness (QED) is 0.768. The molecule has 23 heavy (non-hydrogen) atoms. The molecule has 132 valence electrons. The highest BCUT2D eigenvalue weighted by Gasteiger charge is 2.33. The van der Waals surface area contributed by atoms with Gasteiger partial charge in [-0.15, -0.1) is 0 Å². The normalized spacial score (nSPS) is 37.3. The molecule has 4 atom stereocenters. The first kappa shape index (κ1) is 17.1. The number of likely N-dealkylation sites (tertiary alicyclic amines) is 1. The molecule has 3 rings (SSSR count). The molecule has 6 nitrogen and oxygen atoms in total. The summed E-state index contributed by atoms with van der Waals surface area (Å²) >= 11 is 0. The van der Waals surface area contributed by atoms with Crippen molar-refractivity contribution in [2.24, 2.45) is 5.92 Å². The number of amides is 1. The summed E-state index contributed by atoms with van der Waals surface area (Å²) in [6, 6.07) is -0.178. The number of carbonyl (C=O) groups is 1. The zero-order chi connectivity index (χ0) is 16.4. The van der Waals surface area contributed by atoms with E-state index in [1.807, 2.05) is 4.90 Å². The van der Waals surface area contributed by atoms with E-state index >= 15 is 0 Å². The fourth-order valence-electron chi connectivity index (χ4n) is 4.26. The minimum absolute atomic E-state index is 0.175. The van der Waals surface area contributed by atoms with Crippen molar-refractivity contribution in [3.05, 3.63) is 0 Å². The van der Waals surface area contributed by atoms with E-state index in [9.17, 15) is 9.90 Å². The van der Waals surface area contributed by atoms with Gasteiger partial charge in [-0.05, 0) is 39.0 Å². The highest BCUT2D eigenvalue weighted by Crippen LogP contribution is 2.22. The second-order valence-corrected chi connectivity index (χ2v) is 7.59. The molecular formula is C17H31N3O3. The third-order valence-corrected chi connectivity index (χ3v) is 5.34. The molecule has 0 aromatic rings. The van der Waals surface area contributed by atoms with E-state index in [1.54, 1.807) is 0 Å². The van der Waals surface area contributed by atoms with Gasteiger partial charge in [-0.25, -0.2) is 0 Å². The Labute approximate surface area is 139 Å². The molecule has 0 saturated carbocycles. The summed E-state index contributed by atoms with van der Waals surface area (Å²) in [5.41, 5.74) is 0. The van der Waals surface area contributed by atoms with Crippen molar-refractivity contribution in [1.82, 2.24) is 15.1 Å². The molecule has 0 aliphatic carbocycles. The van der Waals surface area contributed by atoms with Gasteiger partial charge in [0.15, 0.2) is 0 Å². The van der Waals surface area contributed by atoms with Crippen LogP contribution in [0.25, 0.3) is 0 Å². The molecule has 0 spiro atoms. The standard InChI is InChI=1S/C17H31N3O3/c1-12-9-19(10-13(2)23-12)11-14-3-5-20(6-4-14)17(22)16-7-15(21)8-18-16/h12-16,18,21H,3-11H2,1-2H3. The summed E-state index contributed by atoms with van der Waals surface area (Å²) in [7, 11) is 0. The number of nitrogens with zero attached hydrogens (tertiary/aromatic N) is 2. The Bertz CT molecular complexity index is 402. The van der Waals surface area contributed by atoms with Crippen LogP contribution < -0.4 is 5.32 Å². The lowest BCUT2D eigenvalue weighted by Crippen LogP contribution is -2.50. The molecule has 4 unspecified atom stereocenters. The van der Waals surface area contributed by atoms with Gasteiger partial charge in [0, 0.05) is 39.3 Å². The average molecular weight is 325 g/mol. The minimum Gasteiger partial charge on any atom is -0.392 e. The number of aliphatic hydroxyl groups excluding tert-OH is 1. The largest absolute Gasteiger partial charge is 0.392 e. The van der Waals surface area contributed by atoms with Crippen LogP contribution >= 0.6 is 0 Å². The van der Waals surface area contributed by atoms with Gasteiger partial charge < -0.3 is 20.1 Å². The Hall–Kier alpha value is -0.690. The number of aliphatic hydroxyl groups is 1. The lowest BCUT2D eigenvalue weighted by atomic mass is 9.95. The third kappa shape index (κ3) is 4.44. The number of morpholine rings is 1. The second-order valence-electron chi connectivity index (χ2n) is 7.59. The first-order valence-corrected chi connectivity index (χ1v) is 9.09. The van der Waals surface area contributed by atoms with E-state index in [-0.39, 0.29) is 18.1 Å². The smallest absolute Gasteiger partial charge is 0.239 e. The molecular weight excluding hydrogens is 294 g/mol. The van der Waals surface area contributed by atoms with Gasteiger partial charge in [-0.2, -0.15) is 0 Å². The van der Waals surface area contributed by atoms with Crippen LogP contribution in [-0.4, -0.2) is 84.4 Å². The van der Waals surface area contributed by atoms with E-state index in [0.29, 0.717) is 31.1 Å². The number of carbonyl (C=O) groups excluding carboxylic acids is 1. The maximum Gasteiger partial charge on any atom is 0.239 e. The lowest BCUT2D eigenvalue weighted by Gasteiger charge is -2.39. The van der Waals surface area contributed by atoms with Gasteiger partial charge in [-0.3, -0.25) is 9.69 Å². The molecule has 3 heterocycles. The van der Waals surface area contributed by atoms with Crippen LogP contribution in [0.3, 0.4) is 0 Å². The van der Waals surface area contributed by atoms with Gasteiger partial charge in [0.2, 0.25) is 5.91 Å². The maximum atomic E-state index is 12.5. The lowest BCUT2D eigenvalue weighted by molar-refractivity contribution is -0.134. The van der Waals surface area contributed by atoms with Crippen LogP contribution in [-0.2, 0) is 9.53 Å². The van der Waals surface area contributed by atoms with Gasteiger partial charge in [0.1, 0.15) is 0 Å². The predicted molar refractivity (Wildman–Crippen MR) is 88.2 cm³/mol. The molecule has 0 aromatic heterocycles. The molecule has 0 bridgehead atoms. The molecule has 3 fully saturated rings. The monoisotopic (exact) mass is 325 g/mol. The number of rotatable bonds is 3. The summed E-state index contributed by atoms with van der Waals surface area (Å²) in [5.74, 6) is 0.854. The van der Waals surface area contributed by atoms with Crippen LogP contribution in [0.2, 0.25) is 0 Å². The molecule has 2 N–H and O–H groups in total. The van der Waals surface area contributed by atoms with Crippen LogP contribution in [0.4, 0.5) is 0 Å². The van der Waals surface area contributed by atoms with Crippen molar-refractivity contribution in [1.29, 1.82) is 0 Å². The fourth-order valence-corrected chi connectivity index (χ4v) is 4.26. The second kappa shape index (κ2) is 7.47. The number of β-amino-alcohol motifs (C(OH)–C–C–N with tert-alkyl or cyclic N) is 1. The predicted octanol–water partition coefficient (Wildman–Crippen LogP) is 0.0570. The van der Waals surface area contributed by atoms with E-state index < -0.39 is 0 Å². The zero-order valence-electron chi connectivity index (χ0n) is 14.4. The number of ether oxygens (including phenoxy) is 1. The molecule has 0 aromatic carbocycles. The number of hydrogen-bond acceptors (Lipinski definition) is 5. The summed E-state index contributed by atoms with van der Waals surface area (Å²) in [4.78, 5) is 17.0. The Kier molecular flexibility index (Phi) is 5.57. The molecule has 3 aliphatic rings. The van der Waals surface area contributed by atoms with E-state index in [4.69, 9.17) is 4.74 Å². The SMILES string of the molecule is CC1CN(CC2CCN(C(=O)C3CC(O)CN3)CC2)CC(C)O1. The first-order chi connectivity index (χ1) is 11.0. The van der Waals surface area contributed by atoms with Crippen molar-refractivity contribution in [3.8, 4) is 0 Å². The van der Waals surface area contributed by atoms with Crippen LogP contribution in [0.5, 0.6) is 0 Å². The Morgan fingerprint density at radius 2 is 1.87 bits per heavy atom. The van der Waals surface area contributed by atoms with E-state index in [1.165, 1.54) is 0 Å². The third-order valence-electron chi connectivity index (χ3n) is 5.34. The van der Waals surface area contributed by atoms with Gasteiger partial charge in [0.05, 0.1) is 24.4 Å². The fraction of sp³-hybridized carbons (Fsp3) is 0.941. The highest BCUT2D eigenvalue weighted by atomic mass is 16.5. The van der Waals surface area contributed by atoms with Crippen molar-refractivity contribution in [2.75, 3.05) is 39.3 Å². The molecule has 1 amide bonds. The van der Waals surface area contributed by atoms with Gasteiger partial charge in [-0.1, -0.05) is 0 Å². The van der Waals surface area contributed by atoms with E-state index in [0.717, 1.165) is 45.6 Å². The summed E-state index contributed by atoms with van der Waals surface area (Å²) in [6.07, 6.45) is 3.00. The van der Waals surface area contributed by atoms with Gasteiger partial charge in [0.25, 0.3) is 0 Å². The topological polar surface area (TPSA) is 65.0 Å². The summed E-state index contributed by atoms with van der Waals surface area (Å²) in [5, 5.41) is 12.7. The molecule has 0 radical (unpaired) electrons. The van der Waals surface area contributed by atoms with Crippen molar-refractivity contribution < 1.29 is 14.6 Å². The zero-order valence-corrected chi connectivity index (χ0v) is 14.4. The number of hydrogen-bond donors (Lipinski definition) is 2. The maximum absolute atomic E-state index is 12.5. The van der Waals surface area contributed by atoms with Crippen molar-refractivity contribution in [2.45, 2.75) is 57.5 Å². The highest BCUT2D eigenvalue weighted by molar-refractivity contribution is 5.82. The van der Waals surface area contributed by atoms with Crippen molar-refractivity contribution >= 4 is 5.91 Å². The molecule has 3 aliphatic heterocycles. The Morgan fingerprint density at radius 1 is 1.22 bits per heavy atom. The average Bonchev–Trinajstić information content (AvgIpc) is 2.93. The summed E-state index contributed by atoms with van der Waals surface area (Å²) < 4.78 is 5.80. The molecule has 6 heteroatoms.